The lowest BCUT2D eigenvalue weighted by molar-refractivity contribution is -0.147. The van der Waals surface area contributed by atoms with Gasteiger partial charge in [-0.3, -0.25) is 14.0 Å². The number of sulfonamides is 1. The highest BCUT2D eigenvalue weighted by Crippen LogP contribution is 2.16. The number of thioether (sulfide) groups is 1. The molecule has 164 valence electrons. The van der Waals surface area contributed by atoms with Crippen LogP contribution in [0.2, 0.25) is 5.02 Å². The number of rotatable bonds is 9. The Hall–Kier alpha value is -2.40. The molecule has 3 rings (SSSR count). The minimum absolute atomic E-state index is 0.0110. The van der Waals surface area contributed by atoms with Crippen LogP contribution in [-0.4, -0.2) is 41.8 Å². The highest BCUT2D eigenvalue weighted by atomic mass is 35.5. The van der Waals surface area contributed by atoms with Gasteiger partial charge >= 0.3 is 5.97 Å². The zero-order chi connectivity index (χ0) is 22.4. The van der Waals surface area contributed by atoms with Crippen molar-refractivity contribution in [2.24, 2.45) is 0 Å². The van der Waals surface area contributed by atoms with Crippen molar-refractivity contribution >= 4 is 45.0 Å². The van der Waals surface area contributed by atoms with Gasteiger partial charge in [0.2, 0.25) is 10.0 Å². The third kappa shape index (κ3) is 6.07. The summed E-state index contributed by atoms with van der Waals surface area (Å²) < 4.78 is 34.4. The van der Waals surface area contributed by atoms with Gasteiger partial charge in [0.15, 0.2) is 0 Å². The number of ether oxygens (including phenoxy) is 1. The Balaban J connectivity index is 1.74. The fourth-order valence-electron chi connectivity index (χ4n) is 2.75. The zero-order valence-corrected chi connectivity index (χ0v) is 18.9. The molecule has 3 aromatic rings. The highest BCUT2D eigenvalue weighted by molar-refractivity contribution is 7.98. The first-order valence-corrected chi connectivity index (χ1v) is 12.5. The summed E-state index contributed by atoms with van der Waals surface area (Å²) in [5.41, 5.74) is 0.385. The van der Waals surface area contributed by atoms with Crippen LogP contribution >= 0.6 is 23.4 Å². The largest absolute Gasteiger partial charge is 0.458 e. The molecular weight excluding hydrogens is 462 g/mol. The number of esters is 1. The van der Waals surface area contributed by atoms with Crippen molar-refractivity contribution in [3.63, 3.8) is 0 Å². The van der Waals surface area contributed by atoms with Crippen LogP contribution in [0.3, 0.4) is 0 Å². The summed E-state index contributed by atoms with van der Waals surface area (Å²) in [6.45, 7) is -0.252. The number of aromatic nitrogens is 2. The summed E-state index contributed by atoms with van der Waals surface area (Å²) in [6, 6.07) is 10.9. The van der Waals surface area contributed by atoms with Gasteiger partial charge in [-0.15, -0.1) is 0 Å². The zero-order valence-electron chi connectivity index (χ0n) is 16.5. The van der Waals surface area contributed by atoms with Crippen LogP contribution < -0.4 is 10.3 Å². The molecule has 31 heavy (non-hydrogen) atoms. The van der Waals surface area contributed by atoms with Crippen LogP contribution in [0.25, 0.3) is 5.65 Å². The molecule has 0 amide bonds. The molecule has 0 bridgehead atoms. The van der Waals surface area contributed by atoms with Gasteiger partial charge < -0.3 is 4.74 Å². The summed E-state index contributed by atoms with van der Waals surface area (Å²) in [7, 11) is -3.96. The number of nitrogens with one attached hydrogen (secondary N) is 1. The van der Waals surface area contributed by atoms with E-state index >= 15 is 0 Å². The Morgan fingerprint density at radius 2 is 2.00 bits per heavy atom. The predicted molar refractivity (Wildman–Crippen MR) is 120 cm³/mol. The van der Waals surface area contributed by atoms with Crippen LogP contribution in [0, 0.1) is 0 Å². The minimum atomic E-state index is -3.96. The van der Waals surface area contributed by atoms with E-state index in [1.54, 1.807) is 24.4 Å². The molecule has 0 unspecified atom stereocenters. The summed E-state index contributed by atoms with van der Waals surface area (Å²) in [6.07, 6.45) is 3.67. The van der Waals surface area contributed by atoms with E-state index in [0.717, 1.165) is 0 Å². The molecule has 11 heteroatoms. The fourth-order valence-corrected chi connectivity index (χ4v) is 4.57. The SMILES string of the molecule is CSCC[C@H](NS(=O)(=O)c1ccc(Cl)cc1)C(=O)OCc1cc(=O)n2ccccc2n1. The number of hydrogen-bond acceptors (Lipinski definition) is 7. The van der Waals surface area contributed by atoms with E-state index in [2.05, 4.69) is 9.71 Å². The fraction of sp³-hybridized carbons (Fsp3) is 0.250. The van der Waals surface area contributed by atoms with Crippen molar-refractivity contribution in [1.29, 1.82) is 0 Å². The number of benzene rings is 1. The van der Waals surface area contributed by atoms with Crippen LogP contribution in [0.15, 0.2) is 64.4 Å². The van der Waals surface area contributed by atoms with Crippen LogP contribution in [0.5, 0.6) is 0 Å². The number of carbonyl (C=O) groups is 1. The lowest BCUT2D eigenvalue weighted by atomic mass is 10.2. The minimum Gasteiger partial charge on any atom is -0.458 e. The second-order valence-electron chi connectivity index (χ2n) is 6.53. The molecule has 2 aromatic heterocycles. The summed E-state index contributed by atoms with van der Waals surface area (Å²) in [4.78, 5) is 29.1. The molecule has 8 nitrogen and oxygen atoms in total. The van der Waals surface area contributed by atoms with E-state index in [9.17, 15) is 18.0 Å². The Bertz CT molecular complexity index is 1230. The smallest absolute Gasteiger partial charge is 0.324 e. The van der Waals surface area contributed by atoms with E-state index in [4.69, 9.17) is 16.3 Å². The number of hydrogen-bond donors (Lipinski definition) is 1. The van der Waals surface area contributed by atoms with Gasteiger partial charge in [0.1, 0.15) is 18.3 Å². The molecule has 0 spiro atoms. The van der Waals surface area contributed by atoms with Gasteiger partial charge in [-0.05, 0) is 54.8 Å². The lowest BCUT2D eigenvalue weighted by Crippen LogP contribution is -2.42. The Morgan fingerprint density at radius 3 is 2.71 bits per heavy atom. The lowest BCUT2D eigenvalue weighted by Gasteiger charge is -2.17. The summed E-state index contributed by atoms with van der Waals surface area (Å²) in [5, 5.41) is 0.399. The van der Waals surface area contributed by atoms with Gasteiger partial charge in [0.05, 0.1) is 10.6 Å². The molecule has 0 aliphatic heterocycles. The molecule has 1 atom stereocenters. The van der Waals surface area contributed by atoms with Crippen molar-refractivity contribution in [2.75, 3.05) is 12.0 Å². The maximum Gasteiger partial charge on any atom is 0.324 e. The van der Waals surface area contributed by atoms with Crippen LogP contribution in [0.1, 0.15) is 12.1 Å². The predicted octanol–water partition coefficient (Wildman–Crippen LogP) is 2.49. The topological polar surface area (TPSA) is 107 Å². The average molecular weight is 482 g/mol. The first-order chi connectivity index (χ1) is 14.8. The van der Waals surface area contributed by atoms with Crippen molar-refractivity contribution in [3.05, 3.63) is 75.8 Å². The summed E-state index contributed by atoms with van der Waals surface area (Å²) >= 11 is 7.28. The van der Waals surface area contributed by atoms with Crippen LogP contribution in [0.4, 0.5) is 0 Å². The quantitative estimate of drug-likeness (QED) is 0.468. The third-order valence-corrected chi connectivity index (χ3v) is 6.69. The molecule has 0 aliphatic rings. The Kier molecular flexibility index (Phi) is 7.71. The summed E-state index contributed by atoms with van der Waals surface area (Å²) in [5.74, 6) is -0.208. The molecule has 0 aliphatic carbocycles. The average Bonchev–Trinajstić information content (AvgIpc) is 2.75. The molecule has 0 radical (unpaired) electrons. The monoisotopic (exact) mass is 481 g/mol. The van der Waals surface area contributed by atoms with Crippen LogP contribution in [-0.2, 0) is 26.2 Å². The first kappa shape index (κ1) is 23.3. The van der Waals surface area contributed by atoms with Gasteiger partial charge in [-0.2, -0.15) is 16.5 Å². The van der Waals surface area contributed by atoms with Gasteiger partial charge in [-0.25, -0.2) is 13.4 Å². The standard InChI is InChI=1S/C20H20ClN3O5S2/c1-30-11-9-17(23-31(27,28)16-7-5-14(21)6-8-16)20(26)29-13-15-12-19(25)24-10-3-2-4-18(24)22-15/h2-8,10,12,17,23H,9,11,13H2,1H3/t17-/m0/s1. The molecule has 1 N–H and O–H groups in total. The number of carbonyl (C=O) groups excluding carboxylic acids is 1. The van der Waals surface area contributed by atoms with E-state index < -0.39 is 22.0 Å². The van der Waals surface area contributed by atoms with Crippen molar-refractivity contribution < 1.29 is 17.9 Å². The molecule has 1 aromatic carbocycles. The molecule has 2 heterocycles. The highest BCUT2D eigenvalue weighted by Gasteiger charge is 2.27. The van der Waals surface area contributed by atoms with E-state index in [1.165, 1.54) is 46.5 Å². The number of fused-ring (bicyclic) bond motifs is 1. The van der Waals surface area contributed by atoms with E-state index in [-0.39, 0.29) is 29.2 Å². The third-order valence-electron chi connectivity index (χ3n) is 4.30. The number of nitrogens with zero attached hydrogens (tertiary/aromatic N) is 2. The first-order valence-electron chi connectivity index (χ1n) is 9.21. The Labute approximate surface area is 188 Å². The number of halogens is 1. The second kappa shape index (κ2) is 10.3. The molecule has 0 saturated heterocycles. The number of pyridine rings is 1. The van der Waals surface area contributed by atoms with Gasteiger partial charge in [0, 0.05) is 17.3 Å². The maximum atomic E-state index is 12.7. The van der Waals surface area contributed by atoms with Gasteiger partial charge in [-0.1, -0.05) is 17.7 Å². The molecular formula is C20H20ClN3O5S2. The van der Waals surface area contributed by atoms with Crippen molar-refractivity contribution in [2.45, 2.75) is 24.0 Å². The molecule has 0 fully saturated rings. The molecule has 0 saturated carbocycles. The second-order valence-corrected chi connectivity index (χ2v) is 9.67. The normalized spacial score (nSPS) is 12.6. The van der Waals surface area contributed by atoms with Crippen molar-refractivity contribution in [1.82, 2.24) is 14.1 Å². The van der Waals surface area contributed by atoms with Gasteiger partial charge in [0.25, 0.3) is 5.56 Å². The Morgan fingerprint density at radius 1 is 1.26 bits per heavy atom. The maximum absolute atomic E-state index is 12.7. The van der Waals surface area contributed by atoms with E-state index in [1.807, 2.05) is 6.26 Å². The van der Waals surface area contributed by atoms with E-state index in [0.29, 0.717) is 16.4 Å². The van der Waals surface area contributed by atoms with Crippen molar-refractivity contribution in [3.8, 4) is 0 Å².